The van der Waals surface area contributed by atoms with Crippen molar-refractivity contribution in [2.45, 2.75) is 6.92 Å². The van der Waals surface area contributed by atoms with Crippen molar-refractivity contribution in [3.05, 3.63) is 59.9 Å². The Morgan fingerprint density at radius 2 is 1.87 bits per heavy atom. The third-order valence-electron chi connectivity index (χ3n) is 2.97. The van der Waals surface area contributed by atoms with Crippen molar-refractivity contribution in [2.75, 3.05) is 25.1 Å². The van der Waals surface area contributed by atoms with E-state index in [4.69, 9.17) is 9.47 Å². The third kappa shape index (κ3) is 5.19. The molecule has 2 rings (SSSR count). The molecule has 1 heterocycles. The molecule has 0 unspecified atom stereocenters. The Balaban J connectivity index is 1.89. The van der Waals surface area contributed by atoms with Crippen molar-refractivity contribution in [1.82, 2.24) is 4.98 Å². The average molecular weight is 314 g/mol. The fourth-order valence-corrected chi connectivity index (χ4v) is 1.81. The van der Waals surface area contributed by atoms with Gasteiger partial charge >= 0.3 is 5.97 Å². The minimum atomic E-state index is -0.421. The highest BCUT2D eigenvalue weighted by molar-refractivity contribution is 6.04. The molecule has 1 aromatic carbocycles. The number of nitrogens with one attached hydrogen (secondary N) is 1. The van der Waals surface area contributed by atoms with Gasteiger partial charge in [0.1, 0.15) is 6.61 Å². The van der Waals surface area contributed by atoms with Gasteiger partial charge in [-0.15, -0.1) is 0 Å². The molecule has 0 fully saturated rings. The second-order valence-corrected chi connectivity index (χ2v) is 4.61. The highest BCUT2D eigenvalue weighted by Gasteiger charge is 2.09. The van der Waals surface area contributed by atoms with E-state index in [2.05, 4.69) is 10.3 Å². The number of anilines is 1. The Kier molecular flexibility index (Phi) is 6.26. The normalized spacial score (nSPS) is 10.1. The summed E-state index contributed by atoms with van der Waals surface area (Å²) in [4.78, 5) is 27.7. The third-order valence-corrected chi connectivity index (χ3v) is 2.97. The minimum absolute atomic E-state index is 0.214. The van der Waals surface area contributed by atoms with E-state index in [1.807, 2.05) is 6.92 Å². The molecule has 0 aliphatic heterocycles. The Labute approximate surface area is 134 Å². The molecule has 0 saturated carbocycles. The zero-order chi connectivity index (χ0) is 16.5. The summed E-state index contributed by atoms with van der Waals surface area (Å²) in [5, 5.41) is 2.73. The van der Waals surface area contributed by atoms with Crippen LogP contribution in [0.15, 0.2) is 48.8 Å². The van der Waals surface area contributed by atoms with Crippen LogP contribution in [0.25, 0.3) is 0 Å². The van der Waals surface area contributed by atoms with Gasteiger partial charge in [-0.05, 0) is 43.3 Å². The molecule has 0 bridgehead atoms. The molecule has 6 nitrogen and oxygen atoms in total. The summed E-state index contributed by atoms with van der Waals surface area (Å²) in [5.41, 5.74) is 1.47. The van der Waals surface area contributed by atoms with Gasteiger partial charge < -0.3 is 14.8 Å². The van der Waals surface area contributed by atoms with E-state index in [1.54, 1.807) is 42.6 Å². The molecule has 1 aromatic heterocycles. The first kappa shape index (κ1) is 16.6. The Bertz CT molecular complexity index is 641. The van der Waals surface area contributed by atoms with Gasteiger partial charge in [-0.2, -0.15) is 0 Å². The van der Waals surface area contributed by atoms with Crippen LogP contribution in [0.5, 0.6) is 0 Å². The lowest BCUT2D eigenvalue weighted by Gasteiger charge is -2.07. The van der Waals surface area contributed by atoms with Crippen LogP contribution in [0.2, 0.25) is 0 Å². The molecule has 23 heavy (non-hydrogen) atoms. The van der Waals surface area contributed by atoms with Crippen LogP contribution in [0.1, 0.15) is 27.6 Å². The standard InChI is InChI=1S/C17H18N2O4/c1-2-22-10-11-23-17(21)13-5-7-15(8-6-13)19-16(20)14-4-3-9-18-12-14/h3-9,12H,2,10-11H2,1H3,(H,19,20). The summed E-state index contributed by atoms with van der Waals surface area (Å²) < 4.78 is 10.2. The van der Waals surface area contributed by atoms with Gasteiger partial charge in [0, 0.05) is 24.7 Å². The zero-order valence-electron chi connectivity index (χ0n) is 12.8. The van der Waals surface area contributed by atoms with Crippen LogP contribution in [0.4, 0.5) is 5.69 Å². The number of ether oxygens (including phenoxy) is 2. The number of carbonyl (C=O) groups excluding carboxylic acids is 2. The number of hydrogen-bond acceptors (Lipinski definition) is 5. The summed E-state index contributed by atoms with van der Waals surface area (Å²) in [6.07, 6.45) is 3.09. The smallest absolute Gasteiger partial charge is 0.338 e. The number of rotatable bonds is 7. The van der Waals surface area contributed by atoms with Gasteiger partial charge in [-0.3, -0.25) is 9.78 Å². The van der Waals surface area contributed by atoms with Crippen LogP contribution in [-0.4, -0.2) is 36.7 Å². The lowest BCUT2D eigenvalue weighted by molar-refractivity contribution is 0.0335. The number of amides is 1. The summed E-state index contributed by atoms with van der Waals surface area (Å²) in [5.74, 6) is -0.681. The maximum atomic E-state index is 12.0. The van der Waals surface area contributed by atoms with Gasteiger partial charge in [0.05, 0.1) is 17.7 Å². The first-order chi connectivity index (χ1) is 11.2. The molecule has 0 spiro atoms. The SMILES string of the molecule is CCOCCOC(=O)c1ccc(NC(=O)c2cccnc2)cc1. The van der Waals surface area contributed by atoms with Gasteiger partial charge in [0.25, 0.3) is 5.91 Å². The van der Waals surface area contributed by atoms with Crippen molar-refractivity contribution < 1.29 is 19.1 Å². The Hall–Kier alpha value is -2.73. The van der Waals surface area contributed by atoms with Crippen molar-refractivity contribution in [3.63, 3.8) is 0 Å². The number of nitrogens with zero attached hydrogens (tertiary/aromatic N) is 1. The second-order valence-electron chi connectivity index (χ2n) is 4.61. The number of esters is 1. The van der Waals surface area contributed by atoms with Gasteiger partial charge in [0.2, 0.25) is 0 Å². The maximum Gasteiger partial charge on any atom is 0.338 e. The summed E-state index contributed by atoms with van der Waals surface area (Å²) in [6, 6.07) is 9.85. The molecule has 2 aromatic rings. The molecule has 0 aliphatic carbocycles. The maximum absolute atomic E-state index is 12.0. The summed E-state index contributed by atoms with van der Waals surface area (Å²) >= 11 is 0. The first-order valence-electron chi connectivity index (χ1n) is 7.27. The molecule has 1 amide bonds. The number of aromatic nitrogens is 1. The highest BCUT2D eigenvalue weighted by Crippen LogP contribution is 2.12. The summed E-state index contributed by atoms with van der Waals surface area (Å²) in [7, 11) is 0. The van der Waals surface area contributed by atoms with Gasteiger partial charge in [-0.25, -0.2) is 4.79 Å². The fourth-order valence-electron chi connectivity index (χ4n) is 1.81. The van der Waals surface area contributed by atoms with Crippen LogP contribution in [-0.2, 0) is 9.47 Å². The van der Waals surface area contributed by atoms with Gasteiger partial charge in [-0.1, -0.05) is 0 Å². The second kappa shape index (κ2) is 8.65. The van der Waals surface area contributed by atoms with Crippen LogP contribution < -0.4 is 5.32 Å². The number of benzene rings is 1. The number of carbonyl (C=O) groups is 2. The molecule has 0 radical (unpaired) electrons. The van der Waals surface area contributed by atoms with E-state index in [0.717, 1.165) is 0 Å². The molecule has 1 N–H and O–H groups in total. The molecular weight excluding hydrogens is 296 g/mol. The molecule has 6 heteroatoms. The lowest BCUT2D eigenvalue weighted by Crippen LogP contribution is -2.13. The monoisotopic (exact) mass is 314 g/mol. The molecular formula is C17H18N2O4. The molecule has 0 saturated heterocycles. The van der Waals surface area contributed by atoms with Crippen molar-refractivity contribution in [2.24, 2.45) is 0 Å². The van der Waals surface area contributed by atoms with Crippen LogP contribution in [0, 0.1) is 0 Å². The molecule has 0 atom stereocenters. The molecule has 0 aliphatic rings. The van der Waals surface area contributed by atoms with E-state index >= 15 is 0 Å². The Morgan fingerprint density at radius 3 is 2.52 bits per heavy atom. The largest absolute Gasteiger partial charge is 0.460 e. The first-order valence-corrected chi connectivity index (χ1v) is 7.27. The van der Waals surface area contributed by atoms with Crippen molar-refractivity contribution in [1.29, 1.82) is 0 Å². The molecule has 120 valence electrons. The van der Waals surface area contributed by atoms with E-state index in [0.29, 0.717) is 30.0 Å². The van der Waals surface area contributed by atoms with Crippen LogP contribution >= 0.6 is 0 Å². The van der Waals surface area contributed by atoms with E-state index < -0.39 is 5.97 Å². The van der Waals surface area contributed by atoms with E-state index in [-0.39, 0.29) is 12.5 Å². The topological polar surface area (TPSA) is 77.5 Å². The number of hydrogen-bond donors (Lipinski definition) is 1. The highest BCUT2D eigenvalue weighted by atomic mass is 16.6. The fraction of sp³-hybridized carbons (Fsp3) is 0.235. The average Bonchev–Trinajstić information content (AvgIpc) is 2.60. The van der Waals surface area contributed by atoms with E-state index in [9.17, 15) is 9.59 Å². The minimum Gasteiger partial charge on any atom is -0.460 e. The zero-order valence-corrected chi connectivity index (χ0v) is 12.8. The Morgan fingerprint density at radius 1 is 1.09 bits per heavy atom. The van der Waals surface area contributed by atoms with Crippen molar-refractivity contribution in [3.8, 4) is 0 Å². The summed E-state index contributed by atoms with van der Waals surface area (Å²) in [6.45, 7) is 3.05. The predicted octanol–water partition coefficient (Wildman–Crippen LogP) is 2.53. The number of pyridine rings is 1. The van der Waals surface area contributed by atoms with Crippen molar-refractivity contribution >= 4 is 17.6 Å². The predicted molar refractivity (Wildman–Crippen MR) is 85.4 cm³/mol. The van der Waals surface area contributed by atoms with E-state index in [1.165, 1.54) is 6.20 Å². The quantitative estimate of drug-likeness (QED) is 0.627. The lowest BCUT2D eigenvalue weighted by atomic mass is 10.2. The van der Waals surface area contributed by atoms with Crippen LogP contribution in [0.3, 0.4) is 0 Å². The van der Waals surface area contributed by atoms with Gasteiger partial charge in [0.15, 0.2) is 0 Å².